The topological polar surface area (TPSA) is 21.7 Å². The molecule has 0 aliphatic heterocycles. The van der Waals surface area contributed by atoms with Crippen molar-refractivity contribution in [1.29, 1.82) is 0 Å². The Hall–Kier alpha value is -0.927. The van der Waals surface area contributed by atoms with E-state index in [1.807, 2.05) is 49.5 Å². The average Bonchev–Trinajstić information content (AvgIpc) is 2.74. The summed E-state index contributed by atoms with van der Waals surface area (Å²) in [5.41, 5.74) is 3.56. The van der Waals surface area contributed by atoms with Gasteiger partial charge in [0.25, 0.3) is 0 Å². The average molecular weight is 611 g/mol. The molecule has 0 radical (unpaired) electrons. The molecule has 0 N–H and O–H groups in total. The minimum absolute atomic E-state index is 0.163. The van der Waals surface area contributed by atoms with Gasteiger partial charge >= 0.3 is 97.8 Å². The largest absolute Gasteiger partial charge is 0.647 e. The molecule has 0 saturated carbocycles. The molecule has 35 heavy (non-hydrogen) atoms. The number of halogens is 2. The second-order valence-electron chi connectivity index (χ2n) is 9.94. The predicted octanol–water partition coefficient (Wildman–Crippen LogP) is 9.10. The molecule has 0 bridgehead atoms. The molecule has 3 nitrogen and oxygen atoms in total. The van der Waals surface area contributed by atoms with Crippen LogP contribution in [0.3, 0.4) is 0 Å². The maximum atomic E-state index is 6.18. The van der Waals surface area contributed by atoms with Crippen LogP contribution in [-0.2, 0) is 13.5 Å². The molecule has 0 heterocycles. The van der Waals surface area contributed by atoms with Crippen molar-refractivity contribution in [1.82, 2.24) is 4.90 Å². The summed E-state index contributed by atoms with van der Waals surface area (Å²) in [7, 11) is 11.6. The molecule has 6 heteroatoms. The first-order chi connectivity index (χ1) is 16.3. The quantitative estimate of drug-likeness (QED) is 0.198. The van der Waals surface area contributed by atoms with Crippen molar-refractivity contribution in [2.75, 3.05) is 0 Å². The van der Waals surface area contributed by atoms with Gasteiger partial charge in [0, 0.05) is 0 Å². The minimum Gasteiger partial charge on any atom is -0.647 e. The van der Waals surface area contributed by atoms with Crippen LogP contribution < -0.4 is 9.47 Å². The molecule has 2 rings (SSSR count). The van der Waals surface area contributed by atoms with Crippen molar-refractivity contribution >= 4 is 24.0 Å². The van der Waals surface area contributed by atoms with Gasteiger partial charge in [0.05, 0.1) is 5.75 Å². The first-order valence-corrected chi connectivity index (χ1v) is 17.8. The third kappa shape index (κ3) is 11.3. The van der Waals surface area contributed by atoms with Crippen molar-refractivity contribution < 1.29 is 23.0 Å². The first kappa shape index (κ1) is 32.1. The molecule has 0 saturated heterocycles. The zero-order chi connectivity index (χ0) is 26.7. The van der Waals surface area contributed by atoms with Gasteiger partial charge in [0.2, 0.25) is 0 Å². The number of ether oxygens (including phenoxy) is 2. The van der Waals surface area contributed by atoms with Crippen molar-refractivity contribution in [3.8, 4) is 11.5 Å². The number of nitrogens with zero attached hydrogens (tertiary/aromatic N) is 1. The van der Waals surface area contributed by atoms with E-state index in [0.717, 1.165) is 17.1 Å². The van der Waals surface area contributed by atoms with Crippen LogP contribution in [0.2, 0.25) is 0 Å². The zero-order valence-electron chi connectivity index (χ0n) is 23.0. The molecule has 2 aromatic carbocycles. The van der Waals surface area contributed by atoms with Crippen LogP contribution in [0.4, 0.5) is 0 Å². The fourth-order valence-electron chi connectivity index (χ4n) is 3.58. The van der Waals surface area contributed by atoms with Crippen LogP contribution in [0.5, 0.6) is 11.5 Å². The Balaban J connectivity index is 0.000000379. The summed E-state index contributed by atoms with van der Waals surface area (Å²) in [6, 6.07) is 15.1. The van der Waals surface area contributed by atoms with Crippen LogP contribution in [0, 0.1) is 6.73 Å². The third-order valence-corrected chi connectivity index (χ3v) is 7.11. The van der Waals surface area contributed by atoms with Crippen molar-refractivity contribution in [3.63, 3.8) is 0 Å². The van der Waals surface area contributed by atoms with Gasteiger partial charge < -0.3 is 9.64 Å². The van der Waals surface area contributed by atoms with Gasteiger partial charge in [-0.1, -0.05) is 80.3 Å². The Morgan fingerprint density at radius 3 is 1.71 bits per heavy atom. The SMILES string of the molecule is CC(C)Oc1ccccc1[CH]=[Ru]([Cl])[Cl].CC(C)c1cccc(C(C)C)c1O[CH-]N(C(C)C)C(C)C. The summed E-state index contributed by atoms with van der Waals surface area (Å²) >= 11 is -1.77. The molecule has 0 unspecified atom stereocenters. The van der Waals surface area contributed by atoms with E-state index < -0.39 is 13.5 Å². The van der Waals surface area contributed by atoms with Gasteiger partial charge in [-0.05, 0) is 35.0 Å². The molecule has 0 aliphatic carbocycles. The summed E-state index contributed by atoms with van der Waals surface area (Å²) < 4.78 is 13.7. The predicted molar refractivity (Wildman–Crippen MR) is 151 cm³/mol. The van der Waals surface area contributed by atoms with Crippen molar-refractivity contribution in [2.45, 2.75) is 99.3 Å². The fourth-order valence-corrected chi connectivity index (χ4v) is 5.39. The Morgan fingerprint density at radius 1 is 0.771 bits per heavy atom. The third-order valence-electron chi connectivity index (χ3n) is 5.27. The van der Waals surface area contributed by atoms with E-state index in [9.17, 15) is 0 Å². The molecule has 0 aromatic heterocycles. The normalized spacial score (nSPS) is 11.9. The number of benzene rings is 2. The molecule has 2 aromatic rings. The second-order valence-corrected chi connectivity index (χ2v) is 15.7. The Labute approximate surface area is 227 Å². The Morgan fingerprint density at radius 2 is 1.29 bits per heavy atom. The zero-order valence-corrected chi connectivity index (χ0v) is 26.2. The van der Waals surface area contributed by atoms with Crippen molar-refractivity contribution in [2.24, 2.45) is 0 Å². The minimum atomic E-state index is -1.77. The Bertz CT molecular complexity index is 888. The number of hydrogen-bond donors (Lipinski definition) is 0. The van der Waals surface area contributed by atoms with E-state index in [1.54, 1.807) is 0 Å². The number of rotatable bonds is 10. The first-order valence-electron chi connectivity index (χ1n) is 12.3. The number of para-hydroxylation sites is 2. The van der Waals surface area contributed by atoms with Gasteiger partial charge in [0.1, 0.15) is 0 Å². The van der Waals surface area contributed by atoms with Crippen LogP contribution in [-0.4, -0.2) is 27.7 Å². The summed E-state index contributed by atoms with van der Waals surface area (Å²) in [5.74, 6) is 2.80. The van der Waals surface area contributed by atoms with E-state index >= 15 is 0 Å². The van der Waals surface area contributed by atoms with E-state index in [2.05, 4.69) is 78.5 Å². The molecule has 0 aliphatic rings. The van der Waals surface area contributed by atoms with Gasteiger partial charge in [-0.3, -0.25) is 0 Å². The maximum absolute atomic E-state index is 6.18. The maximum Gasteiger partial charge on any atom is 0.0928 e. The summed E-state index contributed by atoms with van der Waals surface area (Å²) in [4.78, 5) is 2.25. The van der Waals surface area contributed by atoms with E-state index in [4.69, 9.17) is 28.9 Å². The summed E-state index contributed by atoms with van der Waals surface area (Å²) in [6.07, 6.45) is 0.163. The molecular weight excluding hydrogens is 566 g/mol. The van der Waals surface area contributed by atoms with Crippen LogP contribution in [0.15, 0.2) is 42.5 Å². The summed E-state index contributed by atoms with van der Waals surface area (Å²) in [6.45, 7) is 23.5. The second kappa shape index (κ2) is 16.0. The van der Waals surface area contributed by atoms with Gasteiger partial charge in [-0.15, -0.1) is 0 Å². The molecule has 200 valence electrons. The summed E-state index contributed by atoms with van der Waals surface area (Å²) in [5, 5.41) is 0. The van der Waals surface area contributed by atoms with Crippen molar-refractivity contribution in [3.05, 3.63) is 65.9 Å². The number of hydrogen-bond acceptors (Lipinski definition) is 3. The smallest absolute Gasteiger partial charge is 0.0928 e. The molecule has 0 atom stereocenters. The van der Waals surface area contributed by atoms with E-state index in [1.165, 1.54) is 11.1 Å². The molecule has 0 spiro atoms. The van der Waals surface area contributed by atoms with Crippen LogP contribution in [0.25, 0.3) is 0 Å². The van der Waals surface area contributed by atoms with E-state index in [0.29, 0.717) is 23.9 Å². The van der Waals surface area contributed by atoms with Gasteiger partial charge in [0.15, 0.2) is 0 Å². The molecule has 0 fully saturated rings. The fraction of sp³-hybridized carbons (Fsp3) is 0.517. The van der Waals surface area contributed by atoms with Crippen LogP contribution >= 0.6 is 19.4 Å². The van der Waals surface area contributed by atoms with Gasteiger partial charge in [-0.2, -0.15) is 0 Å². The molecular formula is C29H44Cl2NO2Ru-. The van der Waals surface area contributed by atoms with Gasteiger partial charge in [-0.25, -0.2) is 0 Å². The molecule has 0 amide bonds. The standard InChI is InChI=1S/C19H32NO.C10H12O.2ClH.Ru/c1-13(2)17-10-9-11-18(14(3)4)19(17)21-12-20(15(5)6)16(7)8;1-8(2)11-10-7-5-4-6-9(10)3;;;/h9-16H,1-8H3;3-8H,1-2H3;2*1H;/q-1;;;;+2/p-2. The monoisotopic (exact) mass is 610 g/mol. The van der Waals surface area contributed by atoms with E-state index in [-0.39, 0.29) is 6.10 Å². The van der Waals surface area contributed by atoms with Crippen LogP contribution in [0.1, 0.15) is 97.8 Å². The Kier molecular flexibility index (Phi) is 14.7.